The maximum Gasteiger partial charge on any atom is 0.118 e. The van der Waals surface area contributed by atoms with Crippen molar-refractivity contribution in [1.82, 2.24) is 0 Å². The van der Waals surface area contributed by atoms with Crippen LogP contribution in [0.1, 0.15) is 31.4 Å². The summed E-state index contributed by atoms with van der Waals surface area (Å²) >= 11 is 4.48. The standard InChI is InChI=1S/C18H22O2S/c1-4-18(2,14-6-9-16(20-3)10-7-14)12-13-5-8-15(19)11-17(13)21/h5-11,19,21H,4,12H2,1-3H3/t18-/m0/s1. The van der Waals surface area contributed by atoms with E-state index < -0.39 is 0 Å². The first-order valence-corrected chi connectivity index (χ1v) is 7.58. The lowest BCUT2D eigenvalue weighted by molar-refractivity contribution is 0.412. The van der Waals surface area contributed by atoms with Crippen LogP contribution in [0.3, 0.4) is 0 Å². The normalized spacial score (nSPS) is 13.7. The van der Waals surface area contributed by atoms with Gasteiger partial charge in [-0.3, -0.25) is 0 Å². The molecule has 0 heterocycles. The Bertz CT molecular complexity index is 607. The van der Waals surface area contributed by atoms with Crippen LogP contribution in [-0.4, -0.2) is 12.2 Å². The van der Waals surface area contributed by atoms with Crippen LogP contribution in [0.2, 0.25) is 0 Å². The number of ether oxygens (including phenoxy) is 1. The lowest BCUT2D eigenvalue weighted by Gasteiger charge is -2.30. The van der Waals surface area contributed by atoms with Crippen molar-refractivity contribution < 1.29 is 9.84 Å². The molecule has 0 spiro atoms. The second kappa shape index (κ2) is 6.44. The monoisotopic (exact) mass is 302 g/mol. The lowest BCUT2D eigenvalue weighted by atomic mass is 9.75. The van der Waals surface area contributed by atoms with Gasteiger partial charge in [0, 0.05) is 4.90 Å². The summed E-state index contributed by atoms with van der Waals surface area (Å²) in [6.07, 6.45) is 1.91. The van der Waals surface area contributed by atoms with E-state index in [2.05, 4.69) is 38.6 Å². The molecule has 1 atom stereocenters. The number of hydrogen-bond donors (Lipinski definition) is 2. The second-order valence-electron chi connectivity index (χ2n) is 5.63. The Labute approximate surface area is 132 Å². The summed E-state index contributed by atoms with van der Waals surface area (Å²) in [6.45, 7) is 4.46. The van der Waals surface area contributed by atoms with Crippen molar-refractivity contribution in [3.05, 3.63) is 53.6 Å². The molecule has 0 radical (unpaired) electrons. The molecule has 21 heavy (non-hydrogen) atoms. The van der Waals surface area contributed by atoms with Gasteiger partial charge in [0.1, 0.15) is 11.5 Å². The summed E-state index contributed by atoms with van der Waals surface area (Å²) in [7, 11) is 1.68. The van der Waals surface area contributed by atoms with Crippen LogP contribution in [0.15, 0.2) is 47.4 Å². The first-order chi connectivity index (χ1) is 9.98. The molecule has 0 aromatic heterocycles. The van der Waals surface area contributed by atoms with Crippen LogP contribution in [0.5, 0.6) is 11.5 Å². The fourth-order valence-electron chi connectivity index (χ4n) is 2.55. The predicted octanol–water partition coefficient (Wildman–Crippen LogP) is 4.60. The Morgan fingerprint density at radius 2 is 1.81 bits per heavy atom. The predicted molar refractivity (Wildman–Crippen MR) is 89.7 cm³/mol. The second-order valence-corrected chi connectivity index (χ2v) is 6.11. The van der Waals surface area contributed by atoms with Gasteiger partial charge in [0.2, 0.25) is 0 Å². The number of benzene rings is 2. The smallest absolute Gasteiger partial charge is 0.118 e. The number of phenolic OH excluding ortho intramolecular Hbond substituents is 1. The number of hydrogen-bond acceptors (Lipinski definition) is 3. The van der Waals surface area contributed by atoms with Crippen LogP contribution < -0.4 is 4.74 Å². The Hall–Kier alpha value is -1.61. The average Bonchev–Trinajstić information content (AvgIpc) is 2.50. The number of aromatic hydroxyl groups is 1. The van der Waals surface area contributed by atoms with Crippen molar-refractivity contribution in [1.29, 1.82) is 0 Å². The molecule has 2 aromatic carbocycles. The number of methoxy groups -OCH3 is 1. The van der Waals surface area contributed by atoms with Gasteiger partial charge >= 0.3 is 0 Å². The molecule has 3 heteroatoms. The van der Waals surface area contributed by atoms with Crippen LogP contribution in [0.25, 0.3) is 0 Å². The Morgan fingerprint density at radius 1 is 1.14 bits per heavy atom. The van der Waals surface area contributed by atoms with E-state index in [4.69, 9.17) is 4.74 Å². The SMILES string of the molecule is CC[C@@](C)(Cc1ccc(O)cc1S)c1ccc(OC)cc1. The van der Waals surface area contributed by atoms with E-state index in [0.717, 1.165) is 29.1 Å². The van der Waals surface area contributed by atoms with Crippen molar-refractivity contribution in [3.63, 3.8) is 0 Å². The highest BCUT2D eigenvalue weighted by atomic mass is 32.1. The molecule has 1 N–H and O–H groups in total. The summed E-state index contributed by atoms with van der Waals surface area (Å²) in [5, 5.41) is 9.50. The minimum absolute atomic E-state index is 0.0285. The van der Waals surface area contributed by atoms with Gasteiger partial charge in [-0.15, -0.1) is 12.6 Å². The van der Waals surface area contributed by atoms with Crippen LogP contribution in [-0.2, 0) is 11.8 Å². The topological polar surface area (TPSA) is 29.5 Å². The summed E-state index contributed by atoms with van der Waals surface area (Å²) < 4.78 is 5.23. The first-order valence-electron chi connectivity index (χ1n) is 7.14. The maximum atomic E-state index is 9.50. The van der Waals surface area contributed by atoms with Gasteiger partial charge in [0.05, 0.1) is 7.11 Å². The highest BCUT2D eigenvalue weighted by Crippen LogP contribution is 2.34. The fraction of sp³-hybridized carbons (Fsp3) is 0.333. The molecular formula is C18H22O2S. The first kappa shape index (κ1) is 15.8. The van der Waals surface area contributed by atoms with Crippen molar-refractivity contribution in [3.8, 4) is 11.5 Å². The number of rotatable bonds is 5. The third-order valence-corrected chi connectivity index (χ3v) is 4.63. The minimum atomic E-state index is 0.0285. The summed E-state index contributed by atoms with van der Waals surface area (Å²) in [5.74, 6) is 1.13. The van der Waals surface area contributed by atoms with Gasteiger partial charge in [0.15, 0.2) is 0 Å². The number of thiol groups is 1. The minimum Gasteiger partial charge on any atom is -0.508 e. The third-order valence-electron chi connectivity index (χ3n) is 4.22. The van der Waals surface area contributed by atoms with Crippen LogP contribution >= 0.6 is 12.6 Å². The van der Waals surface area contributed by atoms with E-state index >= 15 is 0 Å². The van der Waals surface area contributed by atoms with Gasteiger partial charge in [-0.2, -0.15) is 0 Å². The Morgan fingerprint density at radius 3 is 2.33 bits per heavy atom. The van der Waals surface area contributed by atoms with E-state index in [1.165, 1.54) is 5.56 Å². The molecule has 2 aromatic rings. The molecule has 0 aliphatic rings. The summed E-state index contributed by atoms with van der Waals surface area (Å²) in [4.78, 5) is 0.836. The quantitative estimate of drug-likeness (QED) is 0.790. The molecule has 0 aliphatic heterocycles. The molecule has 0 saturated heterocycles. The molecule has 0 amide bonds. The van der Waals surface area contributed by atoms with Gasteiger partial charge in [-0.05, 0) is 53.6 Å². The van der Waals surface area contributed by atoms with E-state index in [1.54, 1.807) is 19.2 Å². The van der Waals surface area contributed by atoms with Gasteiger partial charge in [-0.1, -0.05) is 32.0 Å². The molecule has 0 aliphatic carbocycles. The summed E-state index contributed by atoms with van der Waals surface area (Å²) in [5.41, 5.74) is 2.46. The molecule has 0 unspecified atom stereocenters. The molecular weight excluding hydrogens is 280 g/mol. The Kier molecular flexibility index (Phi) is 4.84. The van der Waals surface area contributed by atoms with E-state index in [9.17, 15) is 5.11 Å². The van der Waals surface area contributed by atoms with Crippen molar-refractivity contribution in [2.24, 2.45) is 0 Å². The molecule has 112 valence electrons. The van der Waals surface area contributed by atoms with Crippen molar-refractivity contribution in [2.75, 3.05) is 7.11 Å². The maximum absolute atomic E-state index is 9.50. The Balaban J connectivity index is 2.31. The largest absolute Gasteiger partial charge is 0.508 e. The summed E-state index contributed by atoms with van der Waals surface area (Å²) in [6, 6.07) is 13.6. The highest BCUT2D eigenvalue weighted by Gasteiger charge is 2.25. The third kappa shape index (κ3) is 3.53. The van der Waals surface area contributed by atoms with Crippen LogP contribution in [0, 0.1) is 0 Å². The van der Waals surface area contributed by atoms with E-state index in [1.807, 2.05) is 18.2 Å². The van der Waals surface area contributed by atoms with E-state index in [0.29, 0.717) is 0 Å². The average molecular weight is 302 g/mol. The lowest BCUT2D eigenvalue weighted by Crippen LogP contribution is -2.24. The van der Waals surface area contributed by atoms with E-state index in [-0.39, 0.29) is 11.2 Å². The van der Waals surface area contributed by atoms with Crippen molar-refractivity contribution >= 4 is 12.6 Å². The van der Waals surface area contributed by atoms with Gasteiger partial charge in [0.25, 0.3) is 0 Å². The fourth-order valence-corrected chi connectivity index (χ4v) is 2.83. The highest BCUT2D eigenvalue weighted by molar-refractivity contribution is 7.80. The molecule has 0 fully saturated rings. The van der Waals surface area contributed by atoms with Crippen molar-refractivity contribution in [2.45, 2.75) is 37.0 Å². The molecule has 2 nitrogen and oxygen atoms in total. The van der Waals surface area contributed by atoms with Gasteiger partial charge in [-0.25, -0.2) is 0 Å². The molecule has 2 rings (SSSR count). The zero-order valence-electron chi connectivity index (χ0n) is 12.8. The van der Waals surface area contributed by atoms with Crippen LogP contribution in [0.4, 0.5) is 0 Å². The zero-order valence-corrected chi connectivity index (χ0v) is 13.7. The number of phenols is 1. The molecule has 0 bridgehead atoms. The molecule has 0 saturated carbocycles. The zero-order chi connectivity index (χ0) is 15.5. The van der Waals surface area contributed by atoms with Gasteiger partial charge < -0.3 is 9.84 Å².